The molecule has 2 amide bonds. The Morgan fingerprint density at radius 3 is 2.78 bits per heavy atom. The highest BCUT2D eigenvalue weighted by atomic mass is 16.2. The molecule has 23 heavy (non-hydrogen) atoms. The summed E-state index contributed by atoms with van der Waals surface area (Å²) in [5, 5.41) is 2.77. The van der Waals surface area contributed by atoms with Crippen LogP contribution < -0.4 is 10.2 Å². The number of anilines is 2. The monoisotopic (exact) mass is 309 g/mol. The third kappa shape index (κ3) is 3.08. The molecule has 0 spiro atoms. The van der Waals surface area contributed by atoms with Gasteiger partial charge in [-0.15, -0.1) is 0 Å². The molecule has 1 aliphatic heterocycles. The maximum atomic E-state index is 12.4. The largest absolute Gasteiger partial charge is 0.311 e. The molecule has 5 heteroatoms. The number of hydrogen-bond donors (Lipinski definition) is 1. The summed E-state index contributed by atoms with van der Waals surface area (Å²) < 4.78 is 0. The van der Waals surface area contributed by atoms with Gasteiger partial charge in [0.25, 0.3) is 0 Å². The molecule has 118 valence electrons. The third-order valence-corrected chi connectivity index (χ3v) is 4.28. The predicted molar refractivity (Wildman–Crippen MR) is 89.2 cm³/mol. The molecule has 1 fully saturated rings. The lowest BCUT2D eigenvalue weighted by Crippen LogP contribution is -2.28. The second-order valence-electron chi connectivity index (χ2n) is 5.83. The predicted octanol–water partition coefficient (Wildman–Crippen LogP) is 2.69. The number of aromatic nitrogens is 1. The van der Waals surface area contributed by atoms with Crippen LogP contribution in [0.25, 0.3) is 0 Å². The van der Waals surface area contributed by atoms with Crippen molar-refractivity contribution >= 4 is 23.3 Å². The standard InChI is InChI=1S/C18H19N3O2/c1-12-6-5-7-15(13(12)2)21-11-14(10-17(21)22)18(23)20-16-8-3-4-9-19-16/h3-9,14H,10-11H2,1-2H3,(H,19,20,23)/t14-/m1/s1. The fraction of sp³-hybridized carbons (Fsp3) is 0.278. The van der Waals surface area contributed by atoms with Crippen molar-refractivity contribution in [3.63, 3.8) is 0 Å². The van der Waals surface area contributed by atoms with E-state index in [9.17, 15) is 9.59 Å². The summed E-state index contributed by atoms with van der Waals surface area (Å²) in [6.07, 6.45) is 1.85. The van der Waals surface area contributed by atoms with Crippen LogP contribution in [0.2, 0.25) is 0 Å². The summed E-state index contributed by atoms with van der Waals surface area (Å²) in [6.45, 7) is 4.42. The number of rotatable bonds is 3. The highest BCUT2D eigenvalue weighted by molar-refractivity contribution is 6.03. The average molecular weight is 309 g/mol. The molecule has 2 heterocycles. The van der Waals surface area contributed by atoms with Crippen molar-refractivity contribution in [1.29, 1.82) is 0 Å². The molecule has 0 bridgehead atoms. The van der Waals surface area contributed by atoms with Crippen LogP contribution in [-0.4, -0.2) is 23.3 Å². The Kier molecular flexibility index (Phi) is 4.10. The Hall–Kier alpha value is -2.69. The maximum absolute atomic E-state index is 12.4. The fourth-order valence-electron chi connectivity index (χ4n) is 2.81. The molecule has 5 nitrogen and oxygen atoms in total. The maximum Gasteiger partial charge on any atom is 0.230 e. The van der Waals surface area contributed by atoms with Crippen LogP contribution in [0, 0.1) is 19.8 Å². The third-order valence-electron chi connectivity index (χ3n) is 4.28. The number of carbonyl (C=O) groups is 2. The summed E-state index contributed by atoms with van der Waals surface area (Å²) in [6, 6.07) is 11.2. The van der Waals surface area contributed by atoms with Crippen LogP contribution in [0.5, 0.6) is 0 Å². The second-order valence-corrected chi connectivity index (χ2v) is 5.83. The minimum atomic E-state index is -0.357. The molecule has 1 atom stereocenters. The van der Waals surface area contributed by atoms with E-state index in [0.29, 0.717) is 12.4 Å². The van der Waals surface area contributed by atoms with Crippen LogP contribution in [0.4, 0.5) is 11.5 Å². The number of benzene rings is 1. The molecule has 0 radical (unpaired) electrons. The summed E-state index contributed by atoms with van der Waals surface area (Å²) in [5.74, 6) is -0.0238. The molecule has 1 saturated heterocycles. The van der Waals surface area contributed by atoms with Gasteiger partial charge in [-0.3, -0.25) is 9.59 Å². The number of hydrogen-bond acceptors (Lipinski definition) is 3. The summed E-state index contributed by atoms with van der Waals surface area (Å²) >= 11 is 0. The van der Waals surface area contributed by atoms with Gasteiger partial charge in [0.15, 0.2) is 0 Å². The van der Waals surface area contributed by atoms with Gasteiger partial charge < -0.3 is 10.2 Å². The van der Waals surface area contributed by atoms with Crippen molar-refractivity contribution in [2.75, 3.05) is 16.8 Å². The minimum Gasteiger partial charge on any atom is -0.311 e. The number of nitrogens with one attached hydrogen (secondary N) is 1. The topological polar surface area (TPSA) is 62.3 Å². The van der Waals surface area contributed by atoms with Crippen molar-refractivity contribution < 1.29 is 9.59 Å². The Morgan fingerprint density at radius 1 is 1.22 bits per heavy atom. The molecule has 2 aromatic rings. The van der Waals surface area contributed by atoms with Gasteiger partial charge in [-0.25, -0.2) is 4.98 Å². The molecular formula is C18H19N3O2. The second kappa shape index (κ2) is 6.20. The Morgan fingerprint density at radius 2 is 2.04 bits per heavy atom. The zero-order valence-corrected chi connectivity index (χ0v) is 13.2. The number of amides is 2. The number of aryl methyl sites for hydroxylation is 1. The lowest BCUT2D eigenvalue weighted by atomic mass is 10.1. The molecule has 1 aromatic heterocycles. The van der Waals surface area contributed by atoms with Gasteiger partial charge in [-0.2, -0.15) is 0 Å². The van der Waals surface area contributed by atoms with E-state index in [-0.39, 0.29) is 24.2 Å². The van der Waals surface area contributed by atoms with Crippen LogP contribution in [0.15, 0.2) is 42.6 Å². The number of carbonyl (C=O) groups excluding carboxylic acids is 2. The molecule has 3 rings (SSSR count). The van der Waals surface area contributed by atoms with Crippen LogP contribution >= 0.6 is 0 Å². The van der Waals surface area contributed by atoms with Gasteiger partial charge in [0, 0.05) is 24.8 Å². The molecule has 1 aromatic carbocycles. The normalized spacial score (nSPS) is 17.4. The highest BCUT2D eigenvalue weighted by Crippen LogP contribution is 2.29. The Labute approximate surface area is 135 Å². The summed E-state index contributed by atoms with van der Waals surface area (Å²) in [7, 11) is 0. The van der Waals surface area contributed by atoms with E-state index in [1.165, 1.54) is 0 Å². The first-order valence-corrected chi connectivity index (χ1v) is 7.64. The summed E-state index contributed by atoms with van der Waals surface area (Å²) in [4.78, 5) is 30.5. The number of nitrogens with zero attached hydrogens (tertiary/aromatic N) is 2. The van der Waals surface area contributed by atoms with Gasteiger partial charge in [0.2, 0.25) is 11.8 Å². The van der Waals surface area contributed by atoms with Crippen molar-refractivity contribution in [1.82, 2.24) is 4.98 Å². The van der Waals surface area contributed by atoms with Crippen molar-refractivity contribution in [2.24, 2.45) is 5.92 Å². The van der Waals surface area contributed by atoms with E-state index in [4.69, 9.17) is 0 Å². The zero-order chi connectivity index (χ0) is 16.4. The van der Waals surface area contributed by atoms with E-state index < -0.39 is 0 Å². The van der Waals surface area contributed by atoms with Crippen LogP contribution in [-0.2, 0) is 9.59 Å². The molecule has 0 aliphatic carbocycles. The van der Waals surface area contributed by atoms with Gasteiger partial charge >= 0.3 is 0 Å². The van der Waals surface area contributed by atoms with E-state index in [0.717, 1.165) is 16.8 Å². The van der Waals surface area contributed by atoms with Crippen LogP contribution in [0.3, 0.4) is 0 Å². The van der Waals surface area contributed by atoms with Gasteiger partial charge in [-0.05, 0) is 43.2 Å². The SMILES string of the molecule is Cc1cccc(N2C[C@H](C(=O)Nc3ccccn3)CC2=O)c1C. The van der Waals surface area contributed by atoms with E-state index >= 15 is 0 Å². The Bertz CT molecular complexity index is 743. The lowest BCUT2D eigenvalue weighted by Gasteiger charge is -2.20. The van der Waals surface area contributed by atoms with Crippen molar-refractivity contribution in [3.8, 4) is 0 Å². The quantitative estimate of drug-likeness (QED) is 0.948. The average Bonchev–Trinajstić information content (AvgIpc) is 2.93. The zero-order valence-electron chi connectivity index (χ0n) is 13.2. The first-order chi connectivity index (χ1) is 11.1. The fourth-order valence-corrected chi connectivity index (χ4v) is 2.81. The first-order valence-electron chi connectivity index (χ1n) is 7.64. The smallest absolute Gasteiger partial charge is 0.230 e. The minimum absolute atomic E-state index is 0.0140. The van der Waals surface area contributed by atoms with E-state index in [1.54, 1.807) is 23.2 Å². The number of pyridine rings is 1. The van der Waals surface area contributed by atoms with Gasteiger partial charge in [0.05, 0.1) is 5.92 Å². The van der Waals surface area contributed by atoms with Crippen LogP contribution in [0.1, 0.15) is 17.5 Å². The molecule has 0 saturated carbocycles. The van der Waals surface area contributed by atoms with Gasteiger partial charge in [0.1, 0.15) is 5.82 Å². The van der Waals surface area contributed by atoms with Crippen molar-refractivity contribution in [2.45, 2.75) is 20.3 Å². The molecule has 0 unspecified atom stereocenters. The molecular weight excluding hydrogens is 290 g/mol. The van der Waals surface area contributed by atoms with E-state index in [2.05, 4.69) is 10.3 Å². The Balaban J connectivity index is 1.75. The van der Waals surface area contributed by atoms with Gasteiger partial charge in [-0.1, -0.05) is 18.2 Å². The van der Waals surface area contributed by atoms with E-state index in [1.807, 2.05) is 38.1 Å². The highest BCUT2D eigenvalue weighted by Gasteiger charge is 2.35. The first kappa shape index (κ1) is 15.2. The molecule has 1 N–H and O–H groups in total. The summed E-state index contributed by atoms with van der Waals surface area (Å²) in [5.41, 5.74) is 3.10. The lowest BCUT2D eigenvalue weighted by molar-refractivity contribution is -0.122. The van der Waals surface area contributed by atoms with Crippen molar-refractivity contribution in [3.05, 3.63) is 53.7 Å². The molecule has 1 aliphatic rings.